The number of hydrogen-bond acceptors (Lipinski definition) is 4. The van der Waals surface area contributed by atoms with Crippen molar-refractivity contribution in [2.24, 2.45) is 0 Å². The van der Waals surface area contributed by atoms with Gasteiger partial charge in [0, 0.05) is 36.7 Å². The van der Waals surface area contributed by atoms with Crippen molar-refractivity contribution in [3.05, 3.63) is 77.3 Å². The van der Waals surface area contributed by atoms with Gasteiger partial charge >= 0.3 is 0 Å². The summed E-state index contributed by atoms with van der Waals surface area (Å²) in [6.07, 6.45) is 5.97. The number of halogens is 1. The highest BCUT2D eigenvalue weighted by molar-refractivity contribution is 7.92. The van der Waals surface area contributed by atoms with E-state index in [1.807, 2.05) is 23.8 Å². The van der Waals surface area contributed by atoms with Crippen LogP contribution in [0.25, 0.3) is 0 Å². The van der Waals surface area contributed by atoms with Crippen LogP contribution in [0.4, 0.5) is 5.69 Å². The van der Waals surface area contributed by atoms with Crippen LogP contribution in [0.2, 0.25) is 5.02 Å². The molecule has 0 fully saturated rings. The maximum Gasteiger partial charge on any atom is 0.263 e. The van der Waals surface area contributed by atoms with Gasteiger partial charge in [-0.1, -0.05) is 23.7 Å². The van der Waals surface area contributed by atoms with Crippen molar-refractivity contribution in [1.29, 1.82) is 0 Å². The molecule has 0 spiro atoms. The number of nitrogens with one attached hydrogen (secondary N) is 2. The molecule has 9 heteroatoms. The number of benzene rings is 2. The summed E-state index contributed by atoms with van der Waals surface area (Å²) < 4.78 is 29.9. The van der Waals surface area contributed by atoms with E-state index in [0.717, 1.165) is 18.5 Å². The second-order valence-corrected chi connectivity index (χ2v) is 8.59. The van der Waals surface area contributed by atoms with E-state index >= 15 is 0 Å². The van der Waals surface area contributed by atoms with E-state index in [-0.39, 0.29) is 21.4 Å². The fraction of sp³-hybridized carbons (Fsp3) is 0.200. The summed E-state index contributed by atoms with van der Waals surface area (Å²) in [5.74, 6) is -0.362. The molecule has 0 unspecified atom stereocenters. The average Bonchev–Trinajstić information content (AvgIpc) is 3.18. The Morgan fingerprint density at radius 2 is 2.03 bits per heavy atom. The van der Waals surface area contributed by atoms with Crippen molar-refractivity contribution < 1.29 is 13.2 Å². The summed E-state index contributed by atoms with van der Waals surface area (Å²) in [6, 6.07) is 11.2. The molecule has 1 heterocycles. The highest BCUT2D eigenvalue weighted by atomic mass is 35.5. The first kappa shape index (κ1) is 20.9. The quantitative estimate of drug-likeness (QED) is 0.533. The summed E-state index contributed by atoms with van der Waals surface area (Å²) in [5.41, 5.74) is 1.57. The van der Waals surface area contributed by atoms with Crippen LogP contribution in [0.15, 0.2) is 66.1 Å². The summed E-state index contributed by atoms with van der Waals surface area (Å²) in [7, 11) is -3.94. The van der Waals surface area contributed by atoms with Gasteiger partial charge in [0.2, 0.25) is 0 Å². The van der Waals surface area contributed by atoms with Crippen molar-refractivity contribution >= 4 is 33.2 Å². The van der Waals surface area contributed by atoms with E-state index in [0.29, 0.717) is 12.2 Å². The maximum atomic E-state index is 12.8. The molecule has 29 heavy (non-hydrogen) atoms. The lowest BCUT2D eigenvalue weighted by Gasteiger charge is -2.12. The van der Waals surface area contributed by atoms with E-state index in [4.69, 9.17) is 11.6 Å². The van der Waals surface area contributed by atoms with Gasteiger partial charge < -0.3 is 9.88 Å². The van der Waals surface area contributed by atoms with Gasteiger partial charge in [0.05, 0.1) is 11.3 Å². The van der Waals surface area contributed by atoms with Crippen LogP contribution in [0.1, 0.15) is 22.3 Å². The average molecular weight is 433 g/mol. The second-order valence-electron chi connectivity index (χ2n) is 6.53. The minimum Gasteiger partial charge on any atom is -0.352 e. The molecule has 0 aliphatic carbocycles. The van der Waals surface area contributed by atoms with Gasteiger partial charge in [0.15, 0.2) is 0 Å². The molecule has 0 radical (unpaired) electrons. The molecule has 0 aliphatic heterocycles. The van der Waals surface area contributed by atoms with E-state index in [9.17, 15) is 13.2 Å². The molecule has 3 aromatic rings. The van der Waals surface area contributed by atoms with E-state index in [1.54, 1.807) is 30.7 Å². The molecule has 2 N–H and O–H groups in total. The molecule has 0 bridgehead atoms. The first-order valence-corrected chi connectivity index (χ1v) is 10.8. The molecule has 1 aromatic heterocycles. The summed E-state index contributed by atoms with van der Waals surface area (Å²) >= 11 is 6.11. The second kappa shape index (κ2) is 9.11. The fourth-order valence-electron chi connectivity index (χ4n) is 2.75. The number of carbonyl (C=O) groups excluding carboxylic acids is 1. The molecule has 0 aliphatic rings. The third-order valence-electron chi connectivity index (χ3n) is 4.19. The third kappa shape index (κ3) is 5.58. The van der Waals surface area contributed by atoms with Crippen LogP contribution in [0.5, 0.6) is 0 Å². The van der Waals surface area contributed by atoms with Crippen LogP contribution < -0.4 is 10.0 Å². The van der Waals surface area contributed by atoms with Crippen LogP contribution >= 0.6 is 11.6 Å². The lowest BCUT2D eigenvalue weighted by atomic mass is 10.2. The highest BCUT2D eigenvalue weighted by Gasteiger charge is 2.20. The molecular formula is C20H21ClN4O3S. The van der Waals surface area contributed by atoms with Crippen molar-refractivity contribution in [2.45, 2.75) is 24.8 Å². The Morgan fingerprint density at radius 3 is 2.76 bits per heavy atom. The largest absolute Gasteiger partial charge is 0.352 e. The Bertz CT molecular complexity index is 1100. The number of imidazole rings is 1. The number of hydrogen-bond donors (Lipinski definition) is 2. The van der Waals surface area contributed by atoms with Crippen LogP contribution in [-0.4, -0.2) is 30.4 Å². The highest BCUT2D eigenvalue weighted by Crippen LogP contribution is 2.25. The molecular weight excluding hydrogens is 412 g/mol. The number of amides is 1. The van der Waals surface area contributed by atoms with Crippen LogP contribution in [-0.2, 0) is 16.6 Å². The van der Waals surface area contributed by atoms with Crippen molar-refractivity contribution in [1.82, 2.24) is 14.9 Å². The number of nitrogens with zero attached hydrogens (tertiary/aromatic N) is 2. The first-order valence-electron chi connectivity index (χ1n) is 8.98. The molecule has 7 nitrogen and oxygen atoms in total. The molecule has 0 saturated carbocycles. The van der Waals surface area contributed by atoms with E-state index in [2.05, 4.69) is 15.0 Å². The Morgan fingerprint density at radius 1 is 1.21 bits per heavy atom. The van der Waals surface area contributed by atoms with Gasteiger partial charge in [0.25, 0.3) is 15.9 Å². The standard InChI is InChI=1S/C20H21ClN4O3S/c1-15-4-2-5-17(12-15)24-29(27,28)19-13-16(6-7-18(19)21)20(26)23-8-3-10-25-11-9-22-14-25/h2,4-7,9,11-14,24H,3,8,10H2,1H3,(H,23,26). The number of rotatable bonds is 8. The first-order chi connectivity index (χ1) is 13.8. The molecule has 152 valence electrons. The van der Waals surface area contributed by atoms with Crippen molar-refractivity contribution in [3.63, 3.8) is 0 Å². The monoisotopic (exact) mass is 432 g/mol. The molecule has 3 rings (SSSR count). The summed E-state index contributed by atoms with van der Waals surface area (Å²) in [6.45, 7) is 3.03. The smallest absolute Gasteiger partial charge is 0.263 e. The predicted octanol–water partition coefficient (Wildman–Crippen LogP) is 3.47. The zero-order valence-electron chi connectivity index (χ0n) is 15.8. The zero-order valence-corrected chi connectivity index (χ0v) is 17.4. The predicted molar refractivity (Wildman–Crippen MR) is 113 cm³/mol. The Kier molecular flexibility index (Phi) is 6.56. The lowest BCUT2D eigenvalue weighted by molar-refractivity contribution is 0.0952. The molecule has 0 atom stereocenters. The third-order valence-corrected chi connectivity index (χ3v) is 6.05. The fourth-order valence-corrected chi connectivity index (χ4v) is 4.33. The topological polar surface area (TPSA) is 93.1 Å². The SMILES string of the molecule is Cc1cccc(NS(=O)(=O)c2cc(C(=O)NCCCn3ccnc3)ccc2Cl)c1. The minimum atomic E-state index is -3.94. The Labute approximate surface area is 174 Å². The number of aryl methyl sites for hydroxylation is 2. The van der Waals surface area contributed by atoms with Gasteiger partial charge in [-0.3, -0.25) is 9.52 Å². The molecule has 1 amide bonds. The van der Waals surface area contributed by atoms with Gasteiger partial charge in [-0.15, -0.1) is 0 Å². The Balaban J connectivity index is 1.68. The molecule has 0 saturated heterocycles. The van der Waals surface area contributed by atoms with Gasteiger partial charge in [0.1, 0.15) is 4.90 Å². The van der Waals surface area contributed by atoms with Crippen LogP contribution in [0.3, 0.4) is 0 Å². The number of anilines is 1. The maximum absolute atomic E-state index is 12.8. The summed E-state index contributed by atoms with van der Waals surface area (Å²) in [4.78, 5) is 16.2. The van der Waals surface area contributed by atoms with Crippen molar-refractivity contribution in [2.75, 3.05) is 11.3 Å². The van der Waals surface area contributed by atoms with Crippen molar-refractivity contribution in [3.8, 4) is 0 Å². The van der Waals surface area contributed by atoms with E-state index < -0.39 is 10.0 Å². The van der Waals surface area contributed by atoms with Crippen LogP contribution in [0, 0.1) is 6.92 Å². The number of aromatic nitrogens is 2. The van der Waals surface area contributed by atoms with Gasteiger partial charge in [-0.2, -0.15) is 0 Å². The van der Waals surface area contributed by atoms with Gasteiger partial charge in [-0.25, -0.2) is 13.4 Å². The number of sulfonamides is 1. The molecule has 2 aromatic carbocycles. The lowest BCUT2D eigenvalue weighted by Crippen LogP contribution is -2.25. The normalized spacial score (nSPS) is 11.2. The number of carbonyl (C=O) groups is 1. The Hall–Kier alpha value is -2.84. The van der Waals surface area contributed by atoms with E-state index in [1.165, 1.54) is 18.2 Å². The van der Waals surface area contributed by atoms with Gasteiger partial charge in [-0.05, 0) is 49.2 Å². The summed E-state index contributed by atoms with van der Waals surface area (Å²) in [5, 5.41) is 2.83. The zero-order chi connectivity index (χ0) is 20.9. The minimum absolute atomic E-state index is 0.0433.